The predicted molar refractivity (Wildman–Crippen MR) is 97.0 cm³/mol. The third-order valence-corrected chi connectivity index (χ3v) is 6.03. The van der Waals surface area contributed by atoms with Crippen LogP contribution in [0.4, 0.5) is 11.8 Å². The number of nitrogens with two attached hydrogens (primary N) is 2. The molecule has 0 aromatic carbocycles. The van der Waals surface area contributed by atoms with Crippen molar-refractivity contribution in [2.75, 3.05) is 43.4 Å². The molecule has 0 radical (unpaired) electrons. The highest BCUT2D eigenvalue weighted by Gasteiger charge is 2.30. The van der Waals surface area contributed by atoms with Gasteiger partial charge in [0.15, 0.2) is 0 Å². The number of anilines is 2. The fourth-order valence-corrected chi connectivity index (χ4v) is 4.46. The summed E-state index contributed by atoms with van der Waals surface area (Å²) in [5, 5.41) is 0. The summed E-state index contributed by atoms with van der Waals surface area (Å²) in [6.45, 7) is 5.61. The summed E-state index contributed by atoms with van der Waals surface area (Å²) in [5.41, 5.74) is 13.0. The Morgan fingerprint density at radius 1 is 1.04 bits per heavy atom. The minimum atomic E-state index is 0.328. The molecule has 0 spiro atoms. The van der Waals surface area contributed by atoms with Crippen molar-refractivity contribution in [1.29, 1.82) is 0 Å². The van der Waals surface area contributed by atoms with Gasteiger partial charge < -0.3 is 16.4 Å². The van der Waals surface area contributed by atoms with Crippen molar-refractivity contribution in [3.63, 3.8) is 0 Å². The molecule has 0 bridgehead atoms. The number of rotatable bonds is 4. The van der Waals surface area contributed by atoms with E-state index in [1.807, 2.05) is 0 Å². The van der Waals surface area contributed by atoms with Crippen LogP contribution in [0, 0.1) is 5.92 Å². The monoisotopic (exact) mass is 330 g/mol. The largest absolute Gasteiger partial charge is 0.368 e. The van der Waals surface area contributed by atoms with E-state index in [2.05, 4.69) is 25.8 Å². The predicted octanol–water partition coefficient (Wildman–Crippen LogP) is 1.58. The molecule has 1 aromatic heterocycles. The van der Waals surface area contributed by atoms with Crippen LogP contribution in [-0.4, -0.2) is 53.6 Å². The zero-order valence-electron chi connectivity index (χ0n) is 14.5. The van der Waals surface area contributed by atoms with E-state index in [0.29, 0.717) is 17.9 Å². The number of piperazine rings is 1. The molecule has 0 amide bonds. The van der Waals surface area contributed by atoms with Gasteiger partial charge in [0.2, 0.25) is 5.95 Å². The molecule has 6 nitrogen and oxygen atoms in total. The lowest BCUT2D eigenvalue weighted by molar-refractivity contribution is 0.219. The molecule has 6 heteroatoms. The Kier molecular flexibility index (Phi) is 4.59. The second-order valence-corrected chi connectivity index (χ2v) is 7.88. The molecule has 4 rings (SSSR count). The van der Waals surface area contributed by atoms with E-state index >= 15 is 0 Å². The minimum Gasteiger partial charge on any atom is -0.368 e. The van der Waals surface area contributed by atoms with E-state index in [9.17, 15) is 0 Å². The normalized spacial score (nSPS) is 29.0. The molecule has 132 valence electrons. The van der Waals surface area contributed by atoms with Crippen LogP contribution in [0.2, 0.25) is 0 Å². The Hall–Kier alpha value is -1.40. The topological polar surface area (TPSA) is 84.3 Å². The van der Waals surface area contributed by atoms with Gasteiger partial charge in [-0.25, -0.2) is 4.98 Å². The summed E-state index contributed by atoms with van der Waals surface area (Å²) in [7, 11) is 0. The Balaban J connectivity index is 1.36. The van der Waals surface area contributed by atoms with Crippen LogP contribution in [0.3, 0.4) is 0 Å². The van der Waals surface area contributed by atoms with Crippen LogP contribution in [0.15, 0.2) is 6.07 Å². The first kappa shape index (κ1) is 16.1. The Bertz CT molecular complexity index is 557. The van der Waals surface area contributed by atoms with Crippen LogP contribution in [-0.2, 0) is 0 Å². The Morgan fingerprint density at radius 3 is 2.42 bits per heavy atom. The van der Waals surface area contributed by atoms with Crippen LogP contribution in [0.5, 0.6) is 0 Å². The number of aromatic nitrogens is 2. The Morgan fingerprint density at radius 2 is 1.75 bits per heavy atom. The number of nitrogen functional groups attached to an aromatic ring is 1. The van der Waals surface area contributed by atoms with Crippen molar-refractivity contribution < 1.29 is 0 Å². The van der Waals surface area contributed by atoms with Gasteiger partial charge in [0.05, 0.1) is 5.69 Å². The van der Waals surface area contributed by atoms with Crippen molar-refractivity contribution in [2.24, 2.45) is 11.7 Å². The van der Waals surface area contributed by atoms with E-state index in [0.717, 1.165) is 56.5 Å². The van der Waals surface area contributed by atoms with Gasteiger partial charge in [-0.05, 0) is 31.6 Å². The molecule has 4 N–H and O–H groups in total. The minimum absolute atomic E-state index is 0.328. The van der Waals surface area contributed by atoms with Crippen LogP contribution in [0.1, 0.15) is 50.1 Å². The summed E-state index contributed by atoms with van der Waals surface area (Å²) in [6, 6.07) is 2.47. The first-order valence-corrected chi connectivity index (χ1v) is 9.54. The van der Waals surface area contributed by atoms with Gasteiger partial charge in [-0.1, -0.05) is 12.8 Å². The molecule has 1 aliphatic heterocycles. The SMILES string of the molecule is Nc1nc(C2CC(N)C2)cc(N2CCN(CC3CCCC3)CC2)n1. The van der Waals surface area contributed by atoms with Gasteiger partial charge in [-0.15, -0.1) is 0 Å². The summed E-state index contributed by atoms with van der Waals surface area (Å²) in [4.78, 5) is 13.9. The average molecular weight is 330 g/mol. The van der Waals surface area contributed by atoms with Gasteiger partial charge in [0.25, 0.3) is 0 Å². The maximum absolute atomic E-state index is 5.96. The molecule has 1 saturated heterocycles. The smallest absolute Gasteiger partial charge is 0.222 e. The quantitative estimate of drug-likeness (QED) is 0.872. The van der Waals surface area contributed by atoms with Crippen molar-refractivity contribution in [3.05, 3.63) is 11.8 Å². The highest BCUT2D eigenvalue weighted by atomic mass is 15.3. The lowest BCUT2D eigenvalue weighted by Crippen LogP contribution is -2.48. The molecule has 0 unspecified atom stereocenters. The molecule has 2 heterocycles. The summed E-state index contributed by atoms with van der Waals surface area (Å²) >= 11 is 0. The highest BCUT2D eigenvalue weighted by molar-refractivity contribution is 5.45. The lowest BCUT2D eigenvalue weighted by Gasteiger charge is -2.37. The molecule has 0 atom stereocenters. The standard InChI is InChI=1S/C18H30N6/c19-15-9-14(10-15)16-11-17(22-18(20)21-16)24-7-5-23(6-8-24)12-13-3-1-2-4-13/h11,13-15H,1-10,12,19H2,(H2,20,21,22). The average Bonchev–Trinajstić information content (AvgIpc) is 3.05. The first-order chi connectivity index (χ1) is 11.7. The third-order valence-electron chi connectivity index (χ3n) is 6.03. The van der Waals surface area contributed by atoms with E-state index in [4.69, 9.17) is 11.5 Å². The molecule has 2 saturated carbocycles. The van der Waals surface area contributed by atoms with Crippen molar-refractivity contribution in [3.8, 4) is 0 Å². The molecule has 24 heavy (non-hydrogen) atoms. The van der Waals surface area contributed by atoms with Gasteiger partial charge in [0.1, 0.15) is 5.82 Å². The fourth-order valence-electron chi connectivity index (χ4n) is 4.46. The maximum Gasteiger partial charge on any atom is 0.222 e. The molecule has 2 aliphatic carbocycles. The second-order valence-electron chi connectivity index (χ2n) is 7.88. The van der Waals surface area contributed by atoms with Crippen molar-refractivity contribution >= 4 is 11.8 Å². The van der Waals surface area contributed by atoms with E-state index in [1.54, 1.807) is 0 Å². The number of hydrogen-bond donors (Lipinski definition) is 2. The second kappa shape index (κ2) is 6.84. The first-order valence-electron chi connectivity index (χ1n) is 9.54. The molecule has 3 fully saturated rings. The third kappa shape index (κ3) is 3.49. The van der Waals surface area contributed by atoms with Crippen LogP contribution in [0.25, 0.3) is 0 Å². The van der Waals surface area contributed by atoms with Crippen molar-refractivity contribution in [2.45, 2.75) is 50.5 Å². The Labute approximate surface area is 144 Å². The molecule has 3 aliphatic rings. The van der Waals surface area contributed by atoms with E-state index in [-0.39, 0.29) is 0 Å². The van der Waals surface area contributed by atoms with Crippen LogP contribution >= 0.6 is 0 Å². The fraction of sp³-hybridized carbons (Fsp3) is 0.778. The van der Waals surface area contributed by atoms with Gasteiger partial charge >= 0.3 is 0 Å². The summed E-state index contributed by atoms with van der Waals surface area (Å²) < 4.78 is 0. The molecular formula is C18H30N6. The van der Waals surface area contributed by atoms with E-state index in [1.165, 1.54) is 32.2 Å². The zero-order chi connectivity index (χ0) is 16.5. The number of hydrogen-bond acceptors (Lipinski definition) is 6. The summed E-state index contributed by atoms with van der Waals surface area (Å²) in [5.74, 6) is 2.79. The van der Waals surface area contributed by atoms with Crippen molar-refractivity contribution in [1.82, 2.24) is 14.9 Å². The number of nitrogens with zero attached hydrogens (tertiary/aromatic N) is 4. The highest BCUT2D eigenvalue weighted by Crippen LogP contribution is 2.36. The maximum atomic E-state index is 5.96. The van der Waals surface area contributed by atoms with Gasteiger partial charge in [0, 0.05) is 50.7 Å². The van der Waals surface area contributed by atoms with E-state index < -0.39 is 0 Å². The summed E-state index contributed by atoms with van der Waals surface area (Å²) in [6.07, 6.45) is 7.75. The molecule has 1 aromatic rings. The van der Waals surface area contributed by atoms with Gasteiger partial charge in [-0.2, -0.15) is 4.98 Å². The van der Waals surface area contributed by atoms with Gasteiger partial charge in [-0.3, -0.25) is 4.90 Å². The zero-order valence-corrected chi connectivity index (χ0v) is 14.5. The lowest BCUT2D eigenvalue weighted by atomic mass is 9.78. The molecular weight excluding hydrogens is 300 g/mol. The van der Waals surface area contributed by atoms with Crippen LogP contribution < -0.4 is 16.4 Å².